The quantitative estimate of drug-likeness (QED) is 0.857. The van der Waals surface area contributed by atoms with Gasteiger partial charge in [-0.2, -0.15) is 0 Å². The standard InChI is InChI=1S/C16H18BrNO/c17-16-9-5-4-8-14(16)11-18-15(12-19)10-13-6-2-1-3-7-13/h1-9,15,18-19H,10-12H2/t15-/m0/s1. The predicted octanol–water partition coefficient (Wildman–Crippen LogP) is 3.14. The van der Waals surface area contributed by atoms with Crippen molar-refractivity contribution < 1.29 is 5.11 Å². The maximum atomic E-state index is 9.46. The zero-order valence-corrected chi connectivity index (χ0v) is 12.3. The van der Waals surface area contributed by atoms with Crippen molar-refractivity contribution in [1.82, 2.24) is 5.32 Å². The highest BCUT2D eigenvalue weighted by molar-refractivity contribution is 9.10. The number of nitrogens with one attached hydrogen (secondary N) is 1. The molecular formula is C16H18BrNO. The van der Waals surface area contributed by atoms with Gasteiger partial charge in [-0.1, -0.05) is 64.5 Å². The summed E-state index contributed by atoms with van der Waals surface area (Å²) >= 11 is 3.53. The SMILES string of the molecule is OC[C@H](Cc1ccccc1)NCc1ccccc1Br. The van der Waals surface area contributed by atoms with Crippen LogP contribution in [-0.4, -0.2) is 17.8 Å². The number of aliphatic hydroxyl groups excluding tert-OH is 1. The van der Waals surface area contributed by atoms with Crippen LogP contribution in [0.3, 0.4) is 0 Å². The Hall–Kier alpha value is -1.16. The zero-order valence-electron chi connectivity index (χ0n) is 10.7. The van der Waals surface area contributed by atoms with Crippen molar-refractivity contribution in [3.05, 3.63) is 70.2 Å². The zero-order chi connectivity index (χ0) is 13.5. The van der Waals surface area contributed by atoms with Gasteiger partial charge in [0.2, 0.25) is 0 Å². The first kappa shape index (κ1) is 14.3. The molecule has 100 valence electrons. The molecule has 3 heteroatoms. The molecule has 0 aliphatic rings. The Balaban J connectivity index is 1.91. The van der Waals surface area contributed by atoms with E-state index >= 15 is 0 Å². The van der Waals surface area contributed by atoms with Crippen LogP contribution in [-0.2, 0) is 13.0 Å². The van der Waals surface area contributed by atoms with Crippen LogP contribution in [0.5, 0.6) is 0 Å². The van der Waals surface area contributed by atoms with Gasteiger partial charge >= 0.3 is 0 Å². The molecule has 0 heterocycles. The van der Waals surface area contributed by atoms with E-state index in [1.807, 2.05) is 36.4 Å². The van der Waals surface area contributed by atoms with Gasteiger partial charge in [0.05, 0.1) is 6.61 Å². The van der Waals surface area contributed by atoms with Crippen LogP contribution in [0.1, 0.15) is 11.1 Å². The van der Waals surface area contributed by atoms with Gasteiger partial charge in [-0.15, -0.1) is 0 Å². The predicted molar refractivity (Wildman–Crippen MR) is 82.0 cm³/mol. The van der Waals surface area contributed by atoms with Crippen LogP contribution in [0.15, 0.2) is 59.1 Å². The van der Waals surface area contributed by atoms with Gasteiger partial charge in [0, 0.05) is 17.1 Å². The van der Waals surface area contributed by atoms with Crippen LogP contribution in [0, 0.1) is 0 Å². The Morgan fingerprint density at radius 1 is 1.00 bits per heavy atom. The maximum absolute atomic E-state index is 9.46. The Morgan fingerprint density at radius 3 is 2.37 bits per heavy atom. The molecule has 2 nitrogen and oxygen atoms in total. The lowest BCUT2D eigenvalue weighted by atomic mass is 10.1. The van der Waals surface area contributed by atoms with Crippen molar-refractivity contribution in [2.45, 2.75) is 19.0 Å². The molecule has 0 unspecified atom stereocenters. The molecular weight excluding hydrogens is 302 g/mol. The van der Waals surface area contributed by atoms with Crippen molar-refractivity contribution >= 4 is 15.9 Å². The number of hydrogen-bond donors (Lipinski definition) is 2. The topological polar surface area (TPSA) is 32.3 Å². The van der Waals surface area contributed by atoms with Gasteiger partial charge in [-0.3, -0.25) is 0 Å². The first-order valence-electron chi connectivity index (χ1n) is 6.41. The van der Waals surface area contributed by atoms with Crippen LogP contribution in [0.25, 0.3) is 0 Å². The average molecular weight is 320 g/mol. The summed E-state index contributed by atoms with van der Waals surface area (Å²) in [6.45, 7) is 0.888. The fourth-order valence-electron chi connectivity index (χ4n) is 2.00. The Labute approximate surface area is 122 Å². The highest BCUT2D eigenvalue weighted by Crippen LogP contribution is 2.15. The second-order valence-electron chi connectivity index (χ2n) is 4.54. The summed E-state index contributed by atoms with van der Waals surface area (Å²) in [5, 5.41) is 12.9. The van der Waals surface area contributed by atoms with Crippen LogP contribution in [0.4, 0.5) is 0 Å². The summed E-state index contributed by atoms with van der Waals surface area (Å²) in [6.07, 6.45) is 0.835. The third-order valence-corrected chi connectivity index (χ3v) is 3.86. The molecule has 0 aromatic heterocycles. The molecule has 0 saturated heterocycles. The molecule has 0 fully saturated rings. The Bertz CT molecular complexity index is 501. The smallest absolute Gasteiger partial charge is 0.0587 e. The minimum Gasteiger partial charge on any atom is -0.395 e. The summed E-state index contributed by atoms with van der Waals surface area (Å²) < 4.78 is 1.10. The molecule has 2 aromatic carbocycles. The molecule has 0 saturated carbocycles. The molecule has 1 atom stereocenters. The normalized spacial score (nSPS) is 12.3. The Morgan fingerprint density at radius 2 is 1.68 bits per heavy atom. The molecule has 2 aromatic rings. The summed E-state index contributed by atoms with van der Waals surface area (Å²) in [6, 6.07) is 18.4. The molecule has 0 radical (unpaired) electrons. The molecule has 2 rings (SSSR count). The second-order valence-corrected chi connectivity index (χ2v) is 5.40. The minimum atomic E-state index is 0.0782. The van der Waals surface area contributed by atoms with E-state index < -0.39 is 0 Å². The second kappa shape index (κ2) is 7.43. The van der Waals surface area contributed by atoms with Gasteiger partial charge in [0.25, 0.3) is 0 Å². The third-order valence-electron chi connectivity index (χ3n) is 3.08. The number of hydrogen-bond acceptors (Lipinski definition) is 2. The monoisotopic (exact) mass is 319 g/mol. The van der Waals surface area contributed by atoms with Crippen molar-refractivity contribution in [3.63, 3.8) is 0 Å². The highest BCUT2D eigenvalue weighted by Gasteiger charge is 2.08. The van der Waals surface area contributed by atoms with E-state index in [1.165, 1.54) is 11.1 Å². The fourth-order valence-corrected chi connectivity index (χ4v) is 2.42. The van der Waals surface area contributed by atoms with Crippen molar-refractivity contribution in [1.29, 1.82) is 0 Å². The number of benzene rings is 2. The first-order chi connectivity index (χ1) is 9.29. The van der Waals surface area contributed by atoms with Crippen molar-refractivity contribution in [3.8, 4) is 0 Å². The molecule has 0 amide bonds. The van der Waals surface area contributed by atoms with Gasteiger partial charge in [0.15, 0.2) is 0 Å². The number of halogens is 1. The van der Waals surface area contributed by atoms with E-state index in [2.05, 4.69) is 39.4 Å². The summed E-state index contributed by atoms with van der Waals surface area (Å²) in [5.41, 5.74) is 2.44. The van der Waals surface area contributed by atoms with Crippen LogP contribution in [0.2, 0.25) is 0 Å². The lowest BCUT2D eigenvalue weighted by Crippen LogP contribution is -2.34. The maximum Gasteiger partial charge on any atom is 0.0587 e. The molecule has 0 bridgehead atoms. The molecule has 0 aliphatic carbocycles. The van der Waals surface area contributed by atoms with E-state index in [4.69, 9.17) is 0 Å². The van der Waals surface area contributed by atoms with E-state index in [1.54, 1.807) is 0 Å². The summed E-state index contributed by atoms with van der Waals surface area (Å²) in [7, 11) is 0. The summed E-state index contributed by atoms with van der Waals surface area (Å²) in [4.78, 5) is 0. The van der Waals surface area contributed by atoms with Gasteiger partial charge in [-0.05, 0) is 23.6 Å². The number of rotatable bonds is 6. The van der Waals surface area contributed by atoms with Gasteiger partial charge in [0.1, 0.15) is 0 Å². The number of aliphatic hydroxyl groups is 1. The van der Waals surface area contributed by atoms with Crippen LogP contribution < -0.4 is 5.32 Å². The largest absolute Gasteiger partial charge is 0.395 e. The lowest BCUT2D eigenvalue weighted by molar-refractivity contribution is 0.240. The van der Waals surface area contributed by atoms with E-state index in [0.29, 0.717) is 0 Å². The molecule has 0 spiro atoms. The first-order valence-corrected chi connectivity index (χ1v) is 7.20. The van der Waals surface area contributed by atoms with Crippen LogP contribution >= 0.6 is 15.9 Å². The van der Waals surface area contributed by atoms with E-state index in [-0.39, 0.29) is 12.6 Å². The van der Waals surface area contributed by atoms with E-state index in [0.717, 1.165) is 17.4 Å². The van der Waals surface area contributed by atoms with Gasteiger partial charge < -0.3 is 10.4 Å². The Kier molecular flexibility index (Phi) is 5.58. The summed E-state index contributed by atoms with van der Waals surface area (Å²) in [5.74, 6) is 0. The lowest BCUT2D eigenvalue weighted by Gasteiger charge is -2.17. The van der Waals surface area contributed by atoms with E-state index in [9.17, 15) is 5.11 Å². The van der Waals surface area contributed by atoms with Crippen molar-refractivity contribution in [2.24, 2.45) is 0 Å². The average Bonchev–Trinajstić information content (AvgIpc) is 2.46. The molecule has 19 heavy (non-hydrogen) atoms. The highest BCUT2D eigenvalue weighted by atomic mass is 79.9. The van der Waals surface area contributed by atoms with Gasteiger partial charge in [-0.25, -0.2) is 0 Å². The minimum absolute atomic E-state index is 0.0782. The molecule has 2 N–H and O–H groups in total. The fraction of sp³-hybridized carbons (Fsp3) is 0.250. The van der Waals surface area contributed by atoms with Crippen molar-refractivity contribution in [2.75, 3.05) is 6.61 Å². The third kappa shape index (κ3) is 4.46. The molecule has 0 aliphatic heterocycles.